The molecule has 1 aliphatic rings. The van der Waals surface area contributed by atoms with Crippen LogP contribution in [0.2, 0.25) is 5.02 Å². The molecule has 0 aromatic heterocycles. The summed E-state index contributed by atoms with van der Waals surface area (Å²) >= 11 is 5.96. The molecule has 5 nitrogen and oxygen atoms in total. The lowest BCUT2D eigenvalue weighted by Crippen LogP contribution is -2.43. The number of aliphatic hydroxyl groups excluding tert-OH is 1. The molecular formula is C16H21ClN2O3. The fourth-order valence-corrected chi connectivity index (χ4v) is 3.02. The second kappa shape index (κ2) is 7.61. The van der Waals surface area contributed by atoms with E-state index in [9.17, 15) is 14.7 Å². The first-order valence-corrected chi connectivity index (χ1v) is 7.87. The minimum Gasteiger partial charge on any atom is -0.393 e. The number of hydrogen-bond donors (Lipinski definition) is 2. The third-order valence-corrected chi connectivity index (χ3v) is 4.16. The summed E-state index contributed by atoms with van der Waals surface area (Å²) in [5.41, 5.74) is 0.360. The number of carbonyl (C=O) groups is 2. The first kappa shape index (κ1) is 16.8. The molecule has 0 aliphatic carbocycles. The predicted molar refractivity (Wildman–Crippen MR) is 84.8 cm³/mol. The second-order valence-electron chi connectivity index (χ2n) is 5.63. The fraction of sp³-hybridized carbons (Fsp3) is 0.500. The summed E-state index contributed by atoms with van der Waals surface area (Å²) < 4.78 is 0. The van der Waals surface area contributed by atoms with Crippen molar-refractivity contribution in [3.63, 3.8) is 0 Å². The van der Waals surface area contributed by atoms with Crippen LogP contribution in [0.15, 0.2) is 24.3 Å². The molecule has 0 radical (unpaired) electrons. The van der Waals surface area contributed by atoms with Crippen LogP contribution in [0.5, 0.6) is 0 Å². The Bertz CT molecular complexity index is 548. The van der Waals surface area contributed by atoms with Gasteiger partial charge in [0.1, 0.15) is 0 Å². The van der Waals surface area contributed by atoms with E-state index in [1.807, 2.05) is 0 Å². The van der Waals surface area contributed by atoms with Gasteiger partial charge in [0, 0.05) is 12.6 Å². The third kappa shape index (κ3) is 4.21. The lowest BCUT2D eigenvalue weighted by molar-refractivity contribution is -0.131. The highest BCUT2D eigenvalue weighted by Crippen LogP contribution is 2.21. The van der Waals surface area contributed by atoms with Crippen LogP contribution in [0, 0.1) is 0 Å². The second-order valence-corrected chi connectivity index (χ2v) is 6.04. The number of nitrogens with zero attached hydrogens (tertiary/aromatic N) is 1. The van der Waals surface area contributed by atoms with Crippen molar-refractivity contribution >= 4 is 23.4 Å². The molecule has 1 fully saturated rings. The maximum Gasteiger partial charge on any atom is 0.253 e. The van der Waals surface area contributed by atoms with Gasteiger partial charge in [0.25, 0.3) is 5.91 Å². The van der Waals surface area contributed by atoms with E-state index in [0.29, 0.717) is 23.6 Å². The van der Waals surface area contributed by atoms with Crippen molar-refractivity contribution in [1.82, 2.24) is 10.2 Å². The number of nitrogens with one attached hydrogen (secondary N) is 1. The summed E-state index contributed by atoms with van der Waals surface area (Å²) in [6, 6.07) is 6.78. The van der Waals surface area contributed by atoms with E-state index in [-0.39, 0.29) is 24.4 Å². The highest BCUT2D eigenvalue weighted by atomic mass is 35.5. The van der Waals surface area contributed by atoms with Gasteiger partial charge in [-0.2, -0.15) is 0 Å². The van der Waals surface area contributed by atoms with E-state index in [0.717, 1.165) is 12.8 Å². The third-order valence-electron chi connectivity index (χ3n) is 3.83. The van der Waals surface area contributed by atoms with Gasteiger partial charge in [-0.3, -0.25) is 9.59 Å². The van der Waals surface area contributed by atoms with Gasteiger partial charge < -0.3 is 15.3 Å². The van der Waals surface area contributed by atoms with Crippen molar-refractivity contribution in [3.05, 3.63) is 34.9 Å². The maximum atomic E-state index is 12.3. The standard InChI is InChI=1S/C16H21ClN2O3/c1-11(20)9-12-5-4-8-19(12)15(21)10-18-16(22)13-6-2-3-7-14(13)17/h2-3,6-7,11-12,20H,4-5,8-10H2,1H3,(H,18,22)/t11-,12+/m0/s1. The SMILES string of the molecule is C[C@H](O)C[C@H]1CCCN1C(=O)CNC(=O)c1ccccc1Cl. The first-order valence-electron chi connectivity index (χ1n) is 7.49. The molecule has 0 spiro atoms. The first-order chi connectivity index (χ1) is 10.5. The predicted octanol–water partition coefficient (Wildman–Crippen LogP) is 1.83. The molecular weight excluding hydrogens is 304 g/mol. The number of carbonyl (C=O) groups excluding carboxylic acids is 2. The maximum absolute atomic E-state index is 12.3. The molecule has 0 bridgehead atoms. The van der Waals surface area contributed by atoms with E-state index < -0.39 is 6.10 Å². The molecule has 2 atom stereocenters. The van der Waals surface area contributed by atoms with Crippen molar-refractivity contribution in [3.8, 4) is 0 Å². The Morgan fingerprint density at radius 1 is 1.45 bits per heavy atom. The molecule has 120 valence electrons. The van der Waals surface area contributed by atoms with Crippen LogP contribution in [0.25, 0.3) is 0 Å². The van der Waals surface area contributed by atoms with Crippen molar-refractivity contribution in [2.45, 2.75) is 38.3 Å². The van der Waals surface area contributed by atoms with Gasteiger partial charge in [0.15, 0.2) is 0 Å². The number of amides is 2. The zero-order valence-corrected chi connectivity index (χ0v) is 13.3. The molecule has 2 rings (SSSR count). The summed E-state index contributed by atoms with van der Waals surface area (Å²) in [5, 5.41) is 12.5. The molecule has 0 saturated carbocycles. The normalized spacial score (nSPS) is 19.0. The van der Waals surface area contributed by atoms with Crippen LogP contribution in [0.4, 0.5) is 0 Å². The zero-order valence-electron chi connectivity index (χ0n) is 12.6. The van der Waals surface area contributed by atoms with Gasteiger partial charge >= 0.3 is 0 Å². The molecule has 2 N–H and O–H groups in total. The summed E-state index contributed by atoms with van der Waals surface area (Å²) in [6.07, 6.45) is 1.97. The van der Waals surface area contributed by atoms with Crippen molar-refractivity contribution in [2.24, 2.45) is 0 Å². The van der Waals surface area contributed by atoms with Gasteiger partial charge in [-0.25, -0.2) is 0 Å². The number of likely N-dealkylation sites (tertiary alicyclic amines) is 1. The summed E-state index contributed by atoms with van der Waals surface area (Å²) in [4.78, 5) is 26.0. The summed E-state index contributed by atoms with van der Waals surface area (Å²) in [5.74, 6) is -0.478. The Hall–Kier alpha value is -1.59. The largest absolute Gasteiger partial charge is 0.393 e. The van der Waals surface area contributed by atoms with Crippen molar-refractivity contribution < 1.29 is 14.7 Å². The molecule has 1 saturated heterocycles. The molecule has 1 aliphatic heterocycles. The molecule has 1 heterocycles. The van der Waals surface area contributed by atoms with Gasteiger partial charge in [-0.15, -0.1) is 0 Å². The Morgan fingerprint density at radius 3 is 2.86 bits per heavy atom. The van der Waals surface area contributed by atoms with E-state index in [2.05, 4.69) is 5.32 Å². The Labute approximate surface area is 135 Å². The van der Waals surface area contributed by atoms with E-state index >= 15 is 0 Å². The molecule has 1 aromatic carbocycles. The number of hydrogen-bond acceptors (Lipinski definition) is 3. The fourth-order valence-electron chi connectivity index (χ4n) is 2.80. The molecule has 6 heteroatoms. The Balaban J connectivity index is 1.90. The van der Waals surface area contributed by atoms with Gasteiger partial charge in [0.05, 0.1) is 23.2 Å². The van der Waals surface area contributed by atoms with Crippen LogP contribution in [-0.2, 0) is 4.79 Å². The van der Waals surface area contributed by atoms with Crippen LogP contribution in [-0.4, -0.2) is 47.1 Å². The lowest BCUT2D eigenvalue weighted by atomic mass is 10.1. The Morgan fingerprint density at radius 2 is 2.18 bits per heavy atom. The summed E-state index contributed by atoms with van der Waals surface area (Å²) in [7, 11) is 0. The minimum atomic E-state index is -0.434. The molecule has 22 heavy (non-hydrogen) atoms. The smallest absolute Gasteiger partial charge is 0.253 e. The van der Waals surface area contributed by atoms with E-state index in [4.69, 9.17) is 11.6 Å². The van der Waals surface area contributed by atoms with Crippen LogP contribution in [0.1, 0.15) is 36.5 Å². The van der Waals surface area contributed by atoms with E-state index in [1.165, 1.54) is 0 Å². The van der Waals surface area contributed by atoms with Gasteiger partial charge in [-0.1, -0.05) is 23.7 Å². The van der Waals surface area contributed by atoms with Crippen LogP contribution >= 0.6 is 11.6 Å². The van der Waals surface area contributed by atoms with Crippen LogP contribution in [0.3, 0.4) is 0 Å². The lowest BCUT2D eigenvalue weighted by Gasteiger charge is -2.25. The Kier molecular flexibility index (Phi) is 5.80. The molecule has 2 amide bonds. The highest BCUT2D eigenvalue weighted by molar-refractivity contribution is 6.33. The van der Waals surface area contributed by atoms with E-state index in [1.54, 1.807) is 36.1 Å². The molecule has 0 unspecified atom stereocenters. The molecule has 1 aromatic rings. The number of halogens is 1. The quantitative estimate of drug-likeness (QED) is 0.868. The highest BCUT2D eigenvalue weighted by Gasteiger charge is 2.29. The number of aliphatic hydroxyl groups is 1. The monoisotopic (exact) mass is 324 g/mol. The minimum absolute atomic E-state index is 0.0552. The van der Waals surface area contributed by atoms with Crippen molar-refractivity contribution in [1.29, 1.82) is 0 Å². The number of benzene rings is 1. The van der Waals surface area contributed by atoms with Crippen molar-refractivity contribution in [2.75, 3.05) is 13.1 Å². The summed E-state index contributed by atoms with van der Waals surface area (Å²) in [6.45, 7) is 2.35. The van der Waals surface area contributed by atoms with Gasteiger partial charge in [0.2, 0.25) is 5.91 Å². The topological polar surface area (TPSA) is 69.6 Å². The number of rotatable bonds is 5. The average Bonchev–Trinajstić information content (AvgIpc) is 2.92. The van der Waals surface area contributed by atoms with Gasteiger partial charge in [-0.05, 0) is 38.3 Å². The average molecular weight is 325 g/mol. The zero-order chi connectivity index (χ0) is 16.1. The van der Waals surface area contributed by atoms with Crippen LogP contribution < -0.4 is 5.32 Å².